The molecule has 1 unspecified atom stereocenters. The molecule has 0 aromatic rings. The minimum absolute atomic E-state index is 0.184. The SMILES string of the molecule is O=C(NC1CCCC1)N1CCN2CCCC2C1. The molecular weight excluding hydrogens is 214 g/mol. The lowest BCUT2D eigenvalue weighted by atomic mass is 10.1. The number of nitrogens with one attached hydrogen (secondary N) is 1. The van der Waals surface area contributed by atoms with Gasteiger partial charge in [-0.1, -0.05) is 12.8 Å². The normalized spacial score (nSPS) is 30.6. The van der Waals surface area contributed by atoms with Gasteiger partial charge in [0, 0.05) is 31.7 Å². The van der Waals surface area contributed by atoms with Crippen molar-refractivity contribution >= 4 is 6.03 Å². The molecule has 1 saturated carbocycles. The molecule has 4 nitrogen and oxygen atoms in total. The van der Waals surface area contributed by atoms with Crippen LogP contribution in [-0.2, 0) is 0 Å². The third kappa shape index (κ3) is 2.41. The second kappa shape index (κ2) is 4.84. The van der Waals surface area contributed by atoms with Crippen LogP contribution >= 0.6 is 0 Å². The van der Waals surface area contributed by atoms with E-state index in [1.165, 1.54) is 45.1 Å². The summed E-state index contributed by atoms with van der Waals surface area (Å²) < 4.78 is 0. The molecule has 0 aromatic carbocycles. The summed E-state index contributed by atoms with van der Waals surface area (Å²) in [6.07, 6.45) is 7.49. The Morgan fingerprint density at radius 3 is 2.65 bits per heavy atom. The Morgan fingerprint density at radius 2 is 1.82 bits per heavy atom. The van der Waals surface area contributed by atoms with Crippen LogP contribution in [0.15, 0.2) is 0 Å². The smallest absolute Gasteiger partial charge is 0.317 e. The van der Waals surface area contributed by atoms with Gasteiger partial charge in [0.2, 0.25) is 0 Å². The van der Waals surface area contributed by atoms with Gasteiger partial charge in [-0.05, 0) is 32.2 Å². The lowest BCUT2D eigenvalue weighted by molar-refractivity contribution is 0.116. The Hall–Kier alpha value is -0.770. The highest BCUT2D eigenvalue weighted by Crippen LogP contribution is 2.22. The molecule has 0 aromatic heterocycles. The Bertz CT molecular complexity index is 288. The van der Waals surface area contributed by atoms with E-state index in [0.717, 1.165) is 19.6 Å². The maximum absolute atomic E-state index is 12.1. The summed E-state index contributed by atoms with van der Waals surface area (Å²) in [5.41, 5.74) is 0. The van der Waals surface area contributed by atoms with Crippen molar-refractivity contribution in [3.63, 3.8) is 0 Å². The van der Waals surface area contributed by atoms with Crippen LogP contribution in [0.3, 0.4) is 0 Å². The molecular formula is C13H23N3O. The van der Waals surface area contributed by atoms with Crippen LogP contribution in [0.2, 0.25) is 0 Å². The van der Waals surface area contributed by atoms with Gasteiger partial charge in [0.25, 0.3) is 0 Å². The Labute approximate surface area is 103 Å². The van der Waals surface area contributed by atoms with Gasteiger partial charge in [0.15, 0.2) is 0 Å². The molecule has 1 atom stereocenters. The van der Waals surface area contributed by atoms with E-state index in [-0.39, 0.29) is 6.03 Å². The van der Waals surface area contributed by atoms with Gasteiger partial charge >= 0.3 is 6.03 Å². The molecule has 3 rings (SSSR count). The van der Waals surface area contributed by atoms with Crippen molar-refractivity contribution in [2.75, 3.05) is 26.2 Å². The molecule has 0 radical (unpaired) electrons. The Morgan fingerprint density at radius 1 is 1.00 bits per heavy atom. The number of carbonyl (C=O) groups excluding carboxylic acids is 1. The second-order valence-electron chi connectivity index (χ2n) is 5.71. The van der Waals surface area contributed by atoms with Crippen LogP contribution < -0.4 is 5.32 Å². The largest absolute Gasteiger partial charge is 0.335 e. The first-order chi connectivity index (χ1) is 8.33. The molecule has 3 fully saturated rings. The standard InChI is InChI=1S/C13H23N3O/c17-13(14-11-4-1-2-5-11)16-9-8-15-7-3-6-12(15)10-16/h11-12H,1-10H2,(H,14,17). The number of rotatable bonds is 1. The first-order valence-corrected chi connectivity index (χ1v) is 7.12. The van der Waals surface area contributed by atoms with Gasteiger partial charge in [0.05, 0.1) is 0 Å². The molecule has 96 valence electrons. The van der Waals surface area contributed by atoms with Crippen molar-refractivity contribution < 1.29 is 4.79 Å². The van der Waals surface area contributed by atoms with Crippen molar-refractivity contribution in [1.82, 2.24) is 15.1 Å². The zero-order chi connectivity index (χ0) is 11.7. The fourth-order valence-corrected chi connectivity index (χ4v) is 3.51. The van der Waals surface area contributed by atoms with Gasteiger partial charge in [-0.15, -0.1) is 0 Å². The Balaban J connectivity index is 1.51. The first kappa shape index (κ1) is 11.3. The number of nitrogens with zero attached hydrogens (tertiary/aromatic N) is 2. The molecule has 2 amide bonds. The number of fused-ring (bicyclic) bond motifs is 1. The number of hydrogen-bond acceptors (Lipinski definition) is 2. The van der Waals surface area contributed by atoms with E-state index in [4.69, 9.17) is 0 Å². The second-order valence-corrected chi connectivity index (χ2v) is 5.71. The molecule has 0 spiro atoms. The van der Waals surface area contributed by atoms with Gasteiger partial charge in [-0.3, -0.25) is 4.90 Å². The molecule has 1 N–H and O–H groups in total. The van der Waals surface area contributed by atoms with Crippen molar-refractivity contribution in [3.05, 3.63) is 0 Å². The topological polar surface area (TPSA) is 35.6 Å². The summed E-state index contributed by atoms with van der Waals surface area (Å²) in [5, 5.41) is 3.20. The van der Waals surface area contributed by atoms with E-state index in [1.54, 1.807) is 0 Å². The van der Waals surface area contributed by atoms with Crippen LogP contribution in [0.4, 0.5) is 4.79 Å². The summed E-state index contributed by atoms with van der Waals surface area (Å²) >= 11 is 0. The average Bonchev–Trinajstić information content (AvgIpc) is 2.97. The molecule has 0 bridgehead atoms. The molecule has 3 aliphatic rings. The summed E-state index contributed by atoms with van der Waals surface area (Å²) in [6.45, 7) is 4.17. The predicted molar refractivity (Wildman–Crippen MR) is 67.0 cm³/mol. The summed E-state index contributed by atoms with van der Waals surface area (Å²) in [4.78, 5) is 16.7. The molecule has 2 aliphatic heterocycles. The zero-order valence-electron chi connectivity index (χ0n) is 10.5. The predicted octanol–water partition coefficient (Wildman–Crippen LogP) is 1.42. The highest BCUT2D eigenvalue weighted by molar-refractivity contribution is 5.74. The van der Waals surface area contributed by atoms with E-state index in [9.17, 15) is 4.79 Å². The molecule has 4 heteroatoms. The van der Waals surface area contributed by atoms with Crippen molar-refractivity contribution in [1.29, 1.82) is 0 Å². The van der Waals surface area contributed by atoms with E-state index in [1.807, 2.05) is 4.90 Å². The van der Waals surface area contributed by atoms with Crippen molar-refractivity contribution in [3.8, 4) is 0 Å². The minimum Gasteiger partial charge on any atom is -0.335 e. The maximum atomic E-state index is 12.1. The monoisotopic (exact) mass is 237 g/mol. The minimum atomic E-state index is 0.184. The van der Waals surface area contributed by atoms with E-state index in [0.29, 0.717) is 12.1 Å². The van der Waals surface area contributed by atoms with E-state index in [2.05, 4.69) is 10.2 Å². The van der Waals surface area contributed by atoms with Crippen LogP contribution in [0.25, 0.3) is 0 Å². The zero-order valence-corrected chi connectivity index (χ0v) is 10.5. The highest BCUT2D eigenvalue weighted by Gasteiger charge is 2.33. The van der Waals surface area contributed by atoms with Crippen LogP contribution in [-0.4, -0.2) is 54.1 Å². The third-order valence-electron chi connectivity index (χ3n) is 4.56. The maximum Gasteiger partial charge on any atom is 0.317 e. The van der Waals surface area contributed by atoms with E-state index < -0.39 is 0 Å². The fraction of sp³-hybridized carbons (Fsp3) is 0.923. The van der Waals surface area contributed by atoms with Gasteiger partial charge in [0.1, 0.15) is 0 Å². The molecule has 1 aliphatic carbocycles. The molecule has 2 saturated heterocycles. The fourth-order valence-electron chi connectivity index (χ4n) is 3.51. The number of amides is 2. The number of hydrogen-bond donors (Lipinski definition) is 1. The third-order valence-corrected chi connectivity index (χ3v) is 4.56. The van der Waals surface area contributed by atoms with Gasteiger partial charge in [-0.2, -0.15) is 0 Å². The van der Waals surface area contributed by atoms with Crippen LogP contribution in [0.1, 0.15) is 38.5 Å². The number of urea groups is 1. The summed E-state index contributed by atoms with van der Waals surface area (Å²) in [5.74, 6) is 0. The van der Waals surface area contributed by atoms with Crippen LogP contribution in [0.5, 0.6) is 0 Å². The Kier molecular flexibility index (Phi) is 3.23. The summed E-state index contributed by atoms with van der Waals surface area (Å²) in [6, 6.07) is 1.27. The lowest BCUT2D eigenvalue weighted by Crippen LogP contribution is -2.55. The lowest BCUT2D eigenvalue weighted by Gasteiger charge is -2.37. The first-order valence-electron chi connectivity index (χ1n) is 7.12. The van der Waals surface area contributed by atoms with Crippen LogP contribution in [0, 0.1) is 0 Å². The van der Waals surface area contributed by atoms with E-state index >= 15 is 0 Å². The van der Waals surface area contributed by atoms with Gasteiger partial charge in [-0.25, -0.2) is 4.79 Å². The van der Waals surface area contributed by atoms with Crippen molar-refractivity contribution in [2.45, 2.75) is 50.6 Å². The number of carbonyl (C=O) groups is 1. The number of piperazine rings is 1. The molecule has 17 heavy (non-hydrogen) atoms. The molecule has 2 heterocycles. The quantitative estimate of drug-likeness (QED) is 0.748. The highest BCUT2D eigenvalue weighted by atomic mass is 16.2. The average molecular weight is 237 g/mol. The van der Waals surface area contributed by atoms with Crippen molar-refractivity contribution in [2.24, 2.45) is 0 Å². The van der Waals surface area contributed by atoms with Gasteiger partial charge < -0.3 is 10.2 Å². The summed E-state index contributed by atoms with van der Waals surface area (Å²) in [7, 11) is 0.